The fraction of sp³-hybridized carbons (Fsp3) is 0.263. The zero-order valence-corrected chi connectivity index (χ0v) is 13.2. The van der Waals surface area contributed by atoms with Gasteiger partial charge in [0.1, 0.15) is 0 Å². The van der Waals surface area contributed by atoms with Crippen molar-refractivity contribution in [3.8, 4) is 6.07 Å². The molecule has 0 saturated heterocycles. The summed E-state index contributed by atoms with van der Waals surface area (Å²) in [5, 5.41) is 9.17. The first kappa shape index (κ1) is 16.9. The highest BCUT2D eigenvalue weighted by Gasteiger charge is 2.26. The van der Waals surface area contributed by atoms with Crippen LogP contribution in [0.25, 0.3) is 0 Å². The minimum Gasteiger partial charge on any atom is -0.352 e. The van der Waals surface area contributed by atoms with Gasteiger partial charge in [-0.25, -0.2) is 0 Å². The van der Waals surface area contributed by atoms with Crippen LogP contribution in [0.1, 0.15) is 40.1 Å². The largest absolute Gasteiger partial charge is 0.352 e. The van der Waals surface area contributed by atoms with E-state index in [1.165, 1.54) is 0 Å². The molecule has 0 heterocycles. The molecule has 0 aliphatic heterocycles. The lowest BCUT2D eigenvalue weighted by Crippen LogP contribution is -2.17. The van der Waals surface area contributed by atoms with Crippen LogP contribution in [0.4, 0.5) is 0 Å². The summed E-state index contributed by atoms with van der Waals surface area (Å²) in [7, 11) is 3.09. The minimum atomic E-state index is -0.573. The van der Waals surface area contributed by atoms with Crippen molar-refractivity contribution in [2.75, 3.05) is 14.2 Å². The van der Waals surface area contributed by atoms with Crippen LogP contribution < -0.4 is 0 Å². The van der Waals surface area contributed by atoms with Crippen LogP contribution in [0.15, 0.2) is 54.6 Å². The number of benzene rings is 2. The molecule has 0 saturated carbocycles. The number of ether oxygens (including phenoxy) is 2. The average Bonchev–Trinajstić information content (AvgIpc) is 2.61. The summed E-state index contributed by atoms with van der Waals surface area (Å²) < 4.78 is 10.6. The molecular weight excluding hydrogens is 290 g/mol. The normalized spacial score (nSPS) is 11.9. The van der Waals surface area contributed by atoms with Crippen molar-refractivity contribution >= 4 is 5.78 Å². The van der Waals surface area contributed by atoms with E-state index in [0.29, 0.717) is 5.56 Å². The number of methoxy groups -OCH3 is 2. The number of Topliss-reactive ketones (excluding diaryl/α,β-unsaturated/α-hetero) is 1. The van der Waals surface area contributed by atoms with E-state index in [0.717, 1.165) is 11.1 Å². The van der Waals surface area contributed by atoms with Crippen molar-refractivity contribution in [2.45, 2.75) is 18.6 Å². The molecule has 118 valence electrons. The van der Waals surface area contributed by atoms with Crippen LogP contribution in [-0.4, -0.2) is 20.0 Å². The molecule has 0 bridgehead atoms. The molecule has 0 spiro atoms. The first-order valence-electron chi connectivity index (χ1n) is 7.33. The predicted molar refractivity (Wildman–Crippen MR) is 86.9 cm³/mol. The summed E-state index contributed by atoms with van der Waals surface area (Å²) >= 11 is 0. The van der Waals surface area contributed by atoms with Crippen LogP contribution in [0, 0.1) is 11.3 Å². The number of carbonyl (C=O) groups excluding carboxylic acids is 1. The second-order valence-electron chi connectivity index (χ2n) is 5.08. The van der Waals surface area contributed by atoms with Gasteiger partial charge in [-0.1, -0.05) is 54.6 Å². The van der Waals surface area contributed by atoms with Crippen molar-refractivity contribution in [3.05, 3.63) is 71.3 Å². The van der Waals surface area contributed by atoms with Gasteiger partial charge in [-0.15, -0.1) is 0 Å². The maximum atomic E-state index is 12.9. The molecule has 0 aliphatic carbocycles. The second kappa shape index (κ2) is 8.23. The Kier molecular flexibility index (Phi) is 6.04. The fourth-order valence-electron chi connectivity index (χ4n) is 2.63. The molecule has 0 aromatic heterocycles. The molecule has 0 amide bonds. The Morgan fingerprint density at radius 1 is 1.00 bits per heavy atom. The van der Waals surface area contributed by atoms with Gasteiger partial charge in [0, 0.05) is 31.8 Å². The third-order valence-corrected chi connectivity index (χ3v) is 3.72. The molecule has 1 atom stereocenters. The van der Waals surface area contributed by atoms with Gasteiger partial charge >= 0.3 is 0 Å². The van der Waals surface area contributed by atoms with Gasteiger partial charge in [-0.2, -0.15) is 5.26 Å². The molecule has 4 nitrogen and oxygen atoms in total. The Balaban J connectivity index is 2.47. The molecule has 2 aromatic carbocycles. The van der Waals surface area contributed by atoms with Gasteiger partial charge < -0.3 is 9.47 Å². The number of carbonyl (C=O) groups is 1. The van der Waals surface area contributed by atoms with Crippen molar-refractivity contribution in [3.63, 3.8) is 0 Å². The number of hydrogen-bond donors (Lipinski definition) is 0. The maximum absolute atomic E-state index is 12.9. The summed E-state index contributed by atoms with van der Waals surface area (Å²) in [5.74, 6) is -0.628. The Hall–Kier alpha value is -2.48. The van der Waals surface area contributed by atoms with Crippen molar-refractivity contribution in [2.24, 2.45) is 0 Å². The Morgan fingerprint density at radius 2 is 1.57 bits per heavy atom. The lowest BCUT2D eigenvalue weighted by atomic mass is 9.85. The highest BCUT2D eigenvalue weighted by Crippen LogP contribution is 2.31. The highest BCUT2D eigenvalue weighted by molar-refractivity contribution is 6.01. The summed E-state index contributed by atoms with van der Waals surface area (Å²) in [4.78, 5) is 12.9. The first-order valence-corrected chi connectivity index (χ1v) is 7.33. The second-order valence-corrected chi connectivity index (χ2v) is 5.08. The fourth-order valence-corrected chi connectivity index (χ4v) is 2.63. The molecule has 4 heteroatoms. The van der Waals surface area contributed by atoms with E-state index in [1.54, 1.807) is 26.4 Å². The first-order chi connectivity index (χ1) is 11.2. The van der Waals surface area contributed by atoms with Crippen LogP contribution in [0.2, 0.25) is 0 Å². The van der Waals surface area contributed by atoms with Gasteiger partial charge in [0.25, 0.3) is 0 Å². The molecule has 0 N–H and O–H groups in total. The Bertz CT molecular complexity index is 687. The van der Waals surface area contributed by atoms with Crippen LogP contribution >= 0.6 is 0 Å². The number of rotatable bonds is 7. The number of hydrogen-bond acceptors (Lipinski definition) is 4. The zero-order valence-electron chi connectivity index (χ0n) is 13.2. The number of nitrogens with zero attached hydrogens (tertiary/aromatic N) is 1. The molecule has 2 rings (SSSR count). The van der Waals surface area contributed by atoms with E-state index >= 15 is 0 Å². The minimum absolute atomic E-state index is 0.0782. The summed E-state index contributed by atoms with van der Waals surface area (Å²) in [6, 6.07) is 18.6. The van der Waals surface area contributed by atoms with Crippen LogP contribution in [-0.2, 0) is 9.47 Å². The van der Waals surface area contributed by atoms with Gasteiger partial charge in [-0.3, -0.25) is 4.79 Å². The van der Waals surface area contributed by atoms with Gasteiger partial charge in [0.15, 0.2) is 12.1 Å². The van der Waals surface area contributed by atoms with Crippen molar-refractivity contribution < 1.29 is 14.3 Å². The lowest BCUT2D eigenvalue weighted by Gasteiger charge is -2.22. The molecule has 0 aliphatic rings. The summed E-state index contributed by atoms with van der Waals surface area (Å²) in [6.07, 6.45) is -0.471. The van der Waals surface area contributed by atoms with Gasteiger partial charge in [0.05, 0.1) is 12.0 Å². The zero-order chi connectivity index (χ0) is 16.7. The quantitative estimate of drug-likeness (QED) is 0.575. The van der Waals surface area contributed by atoms with E-state index in [1.807, 2.05) is 42.5 Å². The molecule has 0 radical (unpaired) electrons. The Morgan fingerprint density at radius 3 is 2.13 bits per heavy atom. The summed E-state index contributed by atoms with van der Waals surface area (Å²) in [5.41, 5.74) is 2.12. The van der Waals surface area contributed by atoms with Crippen LogP contribution in [0.3, 0.4) is 0 Å². The standard InChI is InChI=1S/C19H19NO3/c1-22-19(23-2)17-11-7-6-10-15(17)16(12-13-20)18(21)14-8-4-3-5-9-14/h3-11,16,19H,12H2,1-2H3. The predicted octanol–water partition coefficient (Wildman–Crippen LogP) is 3.86. The molecule has 23 heavy (non-hydrogen) atoms. The Labute approximate surface area is 136 Å². The van der Waals surface area contributed by atoms with Crippen LogP contribution in [0.5, 0.6) is 0 Å². The number of nitriles is 1. The maximum Gasteiger partial charge on any atom is 0.183 e. The van der Waals surface area contributed by atoms with Gasteiger partial charge in [-0.05, 0) is 5.56 Å². The monoisotopic (exact) mass is 309 g/mol. The third-order valence-electron chi connectivity index (χ3n) is 3.72. The van der Waals surface area contributed by atoms with E-state index in [4.69, 9.17) is 9.47 Å². The average molecular weight is 309 g/mol. The highest BCUT2D eigenvalue weighted by atomic mass is 16.7. The SMILES string of the molecule is COC(OC)c1ccccc1C(CC#N)C(=O)c1ccccc1. The number of ketones is 1. The van der Waals surface area contributed by atoms with E-state index in [-0.39, 0.29) is 12.2 Å². The van der Waals surface area contributed by atoms with E-state index < -0.39 is 12.2 Å². The van der Waals surface area contributed by atoms with Gasteiger partial charge in [0.2, 0.25) is 0 Å². The molecular formula is C19H19NO3. The smallest absolute Gasteiger partial charge is 0.183 e. The summed E-state index contributed by atoms with van der Waals surface area (Å²) in [6.45, 7) is 0. The third kappa shape index (κ3) is 3.84. The van der Waals surface area contributed by atoms with E-state index in [2.05, 4.69) is 6.07 Å². The lowest BCUT2D eigenvalue weighted by molar-refractivity contribution is -0.106. The van der Waals surface area contributed by atoms with E-state index in [9.17, 15) is 10.1 Å². The van der Waals surface area contributed by atoms with Crippen molar-refractivity contribution in [1.29, 1.82) is 5.26 Å². The molecule has 2 aromatic rings. The topological polar surface area (TPSA) is 59.3 Å². The molecule has 1 unspecified atom stereocenters. The molecule has 0 fully saturated rings. The van der Waals surface area contributed by atoms with Crippen molar-refractivity contribution in [1.82, 2.24) is 0 Å².